The summed E-state index contributed by atoms with van der Waals surface area (Å²) in [7, 11) is 0. The maximum atomic E-state index is 13.0. The average molecular weight is 490 g/mol. The highest BCUT2D eigenvalue weighted by atomic mass is 17.2. The Balaban J connectivity index is 1.63. The summed E-state index contributed by atoms with van der Waals surface area (Å²) in [6.07, 6.45) is -10.8. The van der Waals surface area contributed by atoms with E-state index in [0.29, 0.717) is 0 Å². The molecular weight excluding hydrogens is 468 g/mol. The first-order valence-electron chi connectivity index (χ1n) is 10.5. The number of aliphatic hydroxyl groups excluding tert-OH is 4. The number of ether oxygens (including phenoxy) is 1. The van der Waals surface area contributed by atoms with Gasteiger partial charge in [-0.2, -0.15) is 4.89 Å². The van der Waals surface area contributed by atoms with Crippen LogP contribution in [0.3, 0.4) is 0 Å². The maximum Gasteiger partial charge on any atom is 0.232 e. The third kappa shape index (κ3) is 4.05. The van der Waals surface area contributed by atoms with Gasteiger partial charge in [0.25, 0.3) is 0 Å². The molecule has 0 amide bonds. The van der Waals surface area contributed by atoms with Crippen LogP contribution < -0.4 is 4.89 Å². The van der Waals surface area contributed by atoms with Crippen molar-refractivity contribution in [2.45, 2.75) is 50.7 Å². The van der Waals surface area contributed by atoms with Gasteiger partial charge in [0.2, 0.25) is 6.29 Å². The molecule has 4 rings (SSSR count). The summed E-state index contributed by atoms with van der Waals surface area (Å²) in [5.41, 5.74) is -0.611. The Morgan fingerprint density at radius 3 is 2.31 bits per heavy atom. The Morgan fingerprint density at radius 1 is 0.971 bits per heavy atom. The van der Waals surface area contributed by atoms with Crippen molar-refractivity contribution in [3.8, 4) is 17.2 Å². The van der Waals surface area contributed by atoms with Crippen LogP contribution in [0, 0.1) is 6.92 Å². The van der Waals surface area contributed by atoms with E-state index in [4.69, 9.17) is 14.5 Å². The van der Waals surface area contributed by atoms with Crippen LogP contribution in [0.25, 0.3) is 0 Å². The van der Waals surface area contributed by atoms with Crippen molar-refractivity contribution in [2.24, 2.45) is 0 Å². The number of ketones is 3. The van der Waals surface area contributed by atoms with Gasteiger partial charge in [-0.1, -0.05) is 0 Å². The van der Waals surface area contributed by atoms with E-state index in [9.17, 15) is 45.0 Å². The van der Waals surface area contributed by atoms with E-state index in [1.807, 2.05) is 0 Å². The highest BCUT2D eigenvalue weighted by molar-refractivity contribution is 6.29. The molecule has 2 aliphatic rings. The topological polar surface area (TPSA) is 200 Å². The van der Waals surface area contributed by atoms with Crippen molar-refractivity contribution in [3.63, 3.8) is 0 Å². The molecule has 0 radical (unpaired) electrons. The average Bonchev–Trinajstić information content (AvgIpc) is 2.82. The first-order chi connectivity index (χ1) is 16.4. The number of fused-ring (bicyclic) bond motifs is 2. The number of aliphatic hydroxyl groups is 4. The van der Waals surface area contributed by atoms with E-state index in [1.165, 1.54) is 19.1 Å². The number of phenols is 2. The molecule has 2 unspecified atom stereocenters. The van der Waals surface area contributed by atoms with Gasteiger partial charge < -0.3 is 40.3 Å². The molecule has 1 saturated heterocycles. The number of hydrogen-bond donors (Lipinski definition) is 6. The molecule has 1 aliphatic heterocycles. The predicted molar refractivity (Wildman–Crippen MR) is 113 cm³/mol. The summed E-state index contributed by atoms with van der Waals surface area (Å²) in [6.45, 7) is 2.48. The van der Waals surface area contributed by atoms with Crippen molar-refractivity contribution in [2.75, 3.05) is 0 Å². The molecule has 12 heteroatoms. The van der Waals surface area contributed by atoms with Crippen LogP contribution in [0.4, 0.5) is 0 Å². The number of hydrogen-bond acceptors (Lipinski definition) is 12. The van der Waals surface area contributed by atoms with Gasteiger partial charge in [-0.15, -0.1) is 0 Å². The van der Waals surface area contributed by atoms with Gasteiger partial charge in [-0.25, -0.2) is 0 Å². The number of carbonyl (C=O) groups excluding carboxylic acids is 3. The lowest BCUT2D eigenvalue weighted by atomic mass is 9.82. The molecular formula is C23H22O12. The lowest BCUT2D eigenvalue weighted by Gasteiger charge is -2.38. The van der Waals surface area contributed by atoms with Gasteiger partial charge in [-0.05, 0) is 38.1 Å². The zero-order valence-corrected chi connectivity index (χ0v) is 18.4. The van der Waals surface area contributed by atoms with Crippen molar-refractivity contribution < 1.29 is 59.5 Å². The molecule has 1 heterocycles. The highest BCUT2D eigenvalue weighted by Gasteiger charge is 2.49. The SMILES string of the molecule is Cc1c(OOC2O[C@H](C(=O)C(C)O)[C@@H](O)[C@H](O)[C@H]2O)cc2c(c1O)C(=O)c1ccc(O)cc1C2=O. The van der Waals surface area contributed by atoms with Crippen LogP contribution in [0.1, 0.15) is 44.3 Å². The molecule has 35 heavy (non-hydrogen) atoms. The number of aromatic hydroxyl groups is 2. The Morgan fingerprint density at radius 2 is 1.66 bits per heavy atom. The minimum atomic E-state index is -1.90. The Labute approximate surface area is 197 Å². The van der Waals surface area contributed by atoms with Crippen molar-refractivity contribution in [1.82, 2.24) is 0 Å². The molecule has 0 spiro atoms. The van der Waals surface area contributed by atoms with E-state index < -0.39 is 59.9 Å². The summed E-state index contributed by atoms with van der Waals surface area (Å²) < 4.78 is 5.18. The lowest BCUT2D eigenvalue weighted by molar-refractivity contribution is -0.380. The van der Waals surface area contributed by atoms with E-state index in [-0.39, 0.29) is 39.3 Å². The molecule has 0 bridgehead atoms. The van der Waals surface area contributed by atoms with E-state index in [0.717, 1.165) is 19.1 Å². The van der Waals surface area contributed by atoms with Gasteiger partial charge in [0.1, 0.15) is 35.9 Å². The van der Waals surface area contributed by atoms with Crippen molar-refractivity contribution >= 4 is 17.3 Å². The van der Waals surface area contributed by atoms with Crippen molar-refractivity contribution in [1.29, 1.82) is 0 Å². The second-order valence-corrected chi connectivity index (χ2v) is 8.31. The second-order valence-electron chi connectivity index (χ2n) is 8.31. The minimum absolute atomic E-state index is 0.0000113. The lowest BCUT2D eigenvalue weighted by Crippen LogP contribution is -2.61. The Kier molecular flexibility index (Phi) is 6.36. The van der Waals surface area contributed by atoms with Crippen molar-refractivity contribution in [3.05, 3.63) is 52.1 Å². The van der Waals surface area contributed by atoms with Crippen LogP contribution in [-0.2, 0) is 14.4 Å². The number of phenolic OH excluding ortho intramolecular Hbond substituents is 2. The molecule has 6 N–H and O–H groups in total. The third-order valence-electron chi connectivity index (χ3n) is 5.96. The summed E-state index contributed by atoms with van der Waals surface area (Å²) >= 11 is 0. The van der Waals surface area contributed by atoms with Gasteiger partial charge in [0.05, 0.1) is 5.56 Å². The van der Waals surface area contributed by atoms with E-state index in [1.54, 1.807) is 0 Å². The monoisotopic (exact) mass is 490 g/mol. The zero-order chi connectivity index (χ0) is 25.8. The van der Waals surface area contributed by atoms with Crippen LogP contribution in [0.15, 0.2) is 24.3 Å². The normalized spacial score (nSPS) is 26.6. The smallest absolute Gasteiger partial charge is 0.232 e. The van der Waals surface area contributed by atoms with Crippen LogP contribution in [-0.4, -0.2) is 84.8 Å². The number of Topliss-reactive ketones (excluding diaryl/α,β-unsaturated/α-hetero) is 1. The van der Waals surface area contributed by atoms with E-state index >= 15 is 0 Å². The van der Waals surface area contributed by atoms with Gasteiger partial charge in [-0.3, -0.25) is 14.4 Å². The van der Waals surface area contributed by atoms with Gasteiger partial charge in [0.15, 0.2) is 29.2 Å². The molecule has 6 atom stereocenters. The molecule has 2 aromatic carbocycles. The molecule has 1 aliphatic carbocycles. The molecule has 2 aromatic rings. The fourth-order valence-electron chi connectivity index (χ4n) is 3.94. The second kappa shape index (κ2) is 9.00. The number of rotatable bonds is 5. The predicted octanol–water partition coefficient (Wildman–Crippen LogP) is -0.750. The van der Waals surface area contributed by atoms with E-state index in [2.05, 4.69) is 0 Å². The minimum Gasteiger partial charge on any atom is -0.508 e. The van der Waals surface area contributed by atoms with Gasteiger partial charge >= 0.3 is 0 Å². The molecule has 12 nitrogen and oxygen atoms in total. The fraction of sp³-hybridized carbons (Fsp3) is 0.348. The maximum absolute atomic E-state index is 13.0. The fourth-order valence-corrected chi connectivity index (χ4v) is 3.94. The third-order valence-corrected chi connectivity index (χ3v) is 5.96. The Hall–Kier alpha value is -3.39. The summed E-state index contributed by atoms with van der Waals surface area (Å²) in [5.74, 6) is -3.38. The summed E-state index contributed by atoms with van der Waals surface area (Å²) in [6, 6.07) is 4.73. The molecule has 0 aromatic heterocycles. The quantitative estimate of drug-likeness (QED) is 0.193. The molecule has 0 saturated carbocycles. The highest BCUT2D eigenvalue weighted by Crippen LogP contribution is 2.40. The number of benzene rings is 2. The van der Waals surface area contributed by atoms with Gasteiger partial charge in [0, 0.05) is 22.3 Å². The standard InChI is InChI=1S/C23H22O12/c1-7-13(34-35-23-21(32)19(30)20(31)22(33-23)16(27)8(2)24)6-12-14(15(7)26)18(29)10-4-3-9(25)5-11(10)17(12)28/h3-6,8,19-26,30-32H,1-2H3/t8?,19-,20-,21+,22+,23?/m0/s1. The Bertz CT molecular complexity index is 1220. The first kappa shape index (κ1) is 24.7. The first-order valence-corrected chi connectivity index (χ1v) is 10.5. The summed E-state index contributed by atoms with van der Waals surface area (Å²) in [4.78, 5) is 48.1. The molecule has 1 fully saturated rings. The number of carbonyl (C=O) groups is 3. The van der Waals surface area contributed by atoms with Crippen LogP contribution in [0.2, 0.25) is 0 Å². The largest absolute Gasteiger partial charge is 0.508 e. The summed E-state index contributed by atoms with van der Waals surface area (Å²) in [5, 5.41) is 60.1. The van der Waals surface area contributed by atoms with Crippen LogP contribution in [0.5, 0.6) is 17.2 Å². The molecule has 186 valence electrons. The van der Waals surface area contributed by atoms with Crippen LogP contribution >= 0.6 is 0 Å². The zero-order valence-electron chi connectivity index (χ0n) is 18.4.